The van der Waals surface area contributed by atoms with E-state index in [9.17, 15) is 4.79 Å². The summed E-state index contributed by atoms with van der Waals surface area (Å²) in [6.45, 7) is 10.7. The molecule has 1 amide bonds. The highest BCUT2D eigenvalue weighted by molar-refractivity contribution is 5.92. The zero-order valence-corrected chi connectivity index (χ0v) is 12.6. The van der Waals surface area contributed by atoms with Gasteiger partial charge in [0.25, 0.3) is 5.91 Å². The molecule has 0 spiro atoms. The Bertz CT molecular complexity index is 425. The summed E-state index contributed by atoms with van der Waals surface area (Å²) in [7, 11) is 0. The third-order valence-electron chi connectivity index (χ3n) is 3.18. The topological polar surface area (TPSA) is 83.8 Å². The number of aromatic nitrogens is 2. The van der Waals surface area contributed by atoms with Gasteiger partial charge in [-0.25, -0.2) is 0 Å². The van der Waals surface area contributed by atoms with E-state index in [1.807, 2.05) is 6.92 Å². The summed E-state index contributed by atoms with van der Waals surface area (Å²) in [4.78, 5) is 12.2. The number of nitrogens with two attached hydrogens (primary N) is 1. The number of carbonyl (C=O) groups is 1. The average molecular weight is 266 g/mol. The lowest BCUT2D eigenvalue weighted by atomic mass is 9.90. The molecule has 5 nitrogen and oxygen atoms in total. The molecule has 1 heterocycles. The van der Waals surface area contributed by atoms with E-state index in [4.69, 9.17) is 5.73 Å². The van der Waals surface area contributed by atoms with Gasteiger partial charge in [0, 0.05) is 12.2 Å². The van der Waals surface area contributed by atoms with Gasteiger partial charge in [-0.2, -0.15) is 5.10 Å². The number of rotatable bonds is 6. The fraction of sp³-hybridized carbons (Fsp3) is 0.714. The highest BCUT2D eigenvalue weighted by atomic mass is 16.2. The van der Waals surface area contributed by atoms with E-state index in [1.165, 1.54) is 0 Å². The van der Waals surface area contributed by atoms with Crippen LogP contribution in [0, 0.1) is 5.92 Å². The molecular formula is C14H26N4O. The number of H-pyrrole nitrogens is 1. The summed E-state index contributed by atoms with van der Waals surface area (Å²) in [5.74, 6) is 0.626. The van der Waals surface area contributed by atoms with E-state index in [0.717, 1.165) is 12.1 Å². The molecule has 0 aliphatic rings. The number of nitrogens with one attached hydrogen (secondary N) is 2. The molecule has 4 N–H and O–H groups in total. The van der Waals surface area contributed by atoms with Crippen LogP contribution in [0.1, 0.15) is 63.1 Å². The van der Waals surface area contributed by atoms with Gasteiger partial charge in [0.1, 0.15) is 5.69 Å². The Hall–Kier alpha value is -1.36. The van der Waals surface area contributed by atoms with Crippen LogP contribution >= 0.6 is 0 Å². The first-order valence-corrected chi connectivity index (χ1v) is 6.85. The van der Waals surface area contributed by atoms with Crippen LogP contribution < -0.4 is 11.1 Å². The molecule has 0 aromatic carbocycles. The Kier molecular flexibility index (Phi) is 5.11. The van der Waals surface area contributed by atoms with Crippen molar-refractivity contribution in [3.05, 3.63) is 17.5 Å². The van der Waals surface area contributed by atoms with E-state index in [1.54, 1.807) is 6.07 Å². The van der Waals surface area contributed by atoms with Crippen molar-refractivity contribution < 1.29 is 4.79 Å². The van der Waals surface area contributed by atoms with E-state index < -0.39 is 0 Å². The van der Waals surface area contributed by atoms with Crippen LogP contribution in [0.15, 0.2) is 6.07 Å². The number of carbonyl (C=O) groups excluding carboxylic acids is 1. The van der Waals surface area contributed by atoms with Crippen molar-refractivity contribution in [1.29, 1.82) is 0 Å². The molecule has 1 aromatic heterocycles. The van der Waals surface area contributed by atoms with Crippen LogP contribution in [0.3, 0.4) is 0 Å². The lowest BCUT2D eigenvalue weighted by Gasteiger charge is -2.30. The second-order valence-corrected chi connectivity index (χ2v) is 6.18. The Morgan fingerprint density at radius 3 is 2.53 bits per heavy atom. The van der Waals surface area contributed by atoms with E-state index >= 15 is 0 Å². The molecule has 1 rings (SSSR count). The van der Waals surface area contributed by atoms with Crippen LogP contribution in [0.5, 0.6) is 0 Å². The number of aromatic amines is 1. The van der Waals surface area contributed by atoms with Gasteiger partial charge in [-0.1, -0.05) is 27.7 Å². The first kappa shape index (κ1) is 15.7. The van der Waals surface area contributed by atoms with Crippen molar-refractivity contribution in [2.45, 2.75) is 52.5 Å². The van der Waals surface area contributed by atoms with E-state index in [0.29, 0.717) is 24.1 Å². The molecular weight excluding hydrogens is 240 g/mol. The Morgan fingerprint density at radius 1 is 1.47 bits per heavy atom. The van der Waals surface area contributed by atoms with E-state index in [2.05, 4.69) is 43.2 Å². The van der Waals surface area contributed by atoms with Gasteiger partial charge in [-0.3, -0.25) is 9.89 Å². The molecule has 0 aliphatic heterocycles. The predicted octanol–water partition coefficient (Wildman–Crippen LogP) is 2.03. The van der Waals surface area contributed by atoms with Gasteiger partial charge < -0.3 is 11.1 Å². The molecule has 1 unspecified atom stereocenters. The van der Waals surface area contributed by atoms with Crippen molar-refractivity contribution in [3.8, 4) is 0 Å². The number of nitrogens with zero attached hydrogens (tertiary/aromatic N) is 1. The summed E-state index contributed by atoms with van der Waals surface area (Å²) >= 11 is 0. The van der Waals surface area contributed by atoms with Crippen LogP contribution in [-0.4, -0.2) is 28.2 Å². The highest BCUT2D eigenvalue weighted by Crippen LogP contribution is 2.17. The molecule has 0 fully saturated rings. The smallest absolute Gasteiger partial charge is 0.272 e. The standard InChI is InChI=1S/C14H26N4O/c1-9(2)7-14(5,8-15)16-13(19)12-6-11(10(3)4)17-18-12/h6,9-10H,7-8,15H2,1-5H3,(H,16,19)(H,17,18). The average Bonchev–Trinajstić information content (AvgIpc) is 2.77. The number of hydrogen-bond acceptors (Lipinski definition) is 3. The molecule has 108 valence electrons. The number of hydrogen-bond donors (Lipinski definition) is 3. The summed E-state index contributed by atoms with van der Waals surface area (Å²) in [6, 6.07) is 1.80. The van der Waals surface area contributed by atoms with Crippen molar-refractivity contribution in [3.63, 3.8) is 0 Å². The van der Waals surface area contributed by atoms with Crippen molar-refractivity contribution in [2.75, 3.05) is 6.54 Å². The van der Waals surface area contributed by atoms with Gasteiger partial charge in [0.15, 0.2) is 0 Å². The quantitative estimate of drug-likeness (QED) is 0.736. The maximum atomic E-state index is 12.2. The van der Waals surface area contributed by atoms with Crippen molar-refractivity contribution in [2.24, 2.45) is 11.7 Å². The second kappa shape index (κ2) is 6.19. The first-order chi connectivity index (χ1) is 8.77. The normalized spacial score (nSPS) is 14.7. The van der Waals surface area contributed by atoms with Gasteiger partial charge in [0.05, 0.1) is 5.54 Å². The molecule has 0 aliphatic carbocycles. The molecule has 19 heavy (non-hydrogen) atoms. The van der Waals surface area contributed by atoms with Gasteiger partial charge in [-0.05, 0) is 31.2 Å². The van der Waals surface area contributed by atoms with Crippen molar-refractivity contribution in [1.82, 2.24) is 15.5 Å². The van der Waals surface area contributed by atoms with Crippen LogP contribution in [0.4, 0.5) is 0 Å². The minimum atomic E-state index is -0.387. The van der Waals surface area contributed by atoms with Gasteiger partial charge >= 0.3 is 0 Å². The maximum Gasteiger partial charge on any atom is 0.272 e. The van der Waals surface area contributed by atoms with Crippen LogP contribution in [0.25, 0.3) is 0 Å². The Balaban J connectivity index is 2.76. The minimum Gasteiger partial charge on any atom is -0.344 e. The van der Waals surface area contributed by atoms with Crippen LogP contribution in [0.2, 0.25) is 0 Å². The molecule has 1 atom stereocenters. The molecule has 5 heteroatoms. The largest absolute Gasteiger partial charge is 0.344 e. The third kappa shape index (κ3) is 4.35. The van der Waals surface area contributed by atoms with Gasteiger partial charge in [-0.15, -0.1) is 0 Å². The monoisotopic (exact) mass is 266 g/mol. The first-order valence-electron chi connectivity index (χ1n) is 6.85. The lowest BCUT2D eigenvalue weighted by molar-refractivity contribution is 0.0893. The SMILES string of the molecule is CC(C)CC(C)(CN)NC(=O)c1cc(C(C)C)[nH]n1. The lowest BCUT2D eigenvalue weighted by Crippen LogP contribution is -2.52. The minimum absolute atomic E-state index is 0.170. The molecule has 0 saturated heterocycles. The molecule has 0 radical (unpaired) electrons. The fourth-order valence-electron chi connectivity index (χ4n) is 2.17. The summed E-state index contributed by atoms with van der Waals surface area (Å²) in [5, 5.41) is 9.94. The number of amides is 1. The molecule has 0 bridgehead atoms. The zero-order valence-electron chi connectivity index (χ0n) is 12.6. The molecule has 1 aromatic rings. The van der Waals surface area contributed by atoms with Crippen LogP contribution in [-0.2, 0) is 0 Å². The summed E-state index contributed by atoms with van der Waals surface area (Å²) in [5.41, 5.74) is 6.79. The Morgan fingerprint density at radius 2 is 2.11 bits per heavy atom. The van der Waals surface area contributed by atoms with Crippen molar-refractivity contribution >= 4 is 5.91 Å². The second-order valence-electron chi connectivity index (χ2n) is 6.18. The van der Waals surface area contributed by atoms with Gasteiger partial charge in [0.2, 0.25) is 0 Å². The zero-order chi connectivity index (χ0) is 14.6. The maximum absolute atomic E-state index is 12.2. The molecule has 0 saturated carbocycles. The predicted molar refractivity (Wildman–Crippen MR) is 77.1 cm³/mol. The highest BCUT2D eigenvalue weighted by Gasteiger charge is 2.27. The summed E-state index contributed by atoms with van der Waals surface area (Å²) < 4.78 is 0. The fourth-order valence-corrected chi connectivity index (χ4v) is 2.17. The van der Waals surface area contributed by atoms with E-state index in [-0.39, 0.29) is 11.4 Å². The third-order valence-corrected chi connectivity index (χ3v) is 3.18. The Labute approximate surface area is 115 Å². The summed E-state index contributed by atoms with van der Waals surface area (Å²) in [6.07, 6.45) is 0.844.